The van der Waals surface area contributed by atoms with Gasteiger partial charge in [0.15, 0.2) is 0 Å². The minimum absolute atomic E-state index is 0.0426. The van der Waals surface area contributed by atoms with Gasteiger partial charge >= 0.3 is 6.18 Å². The summed E-state index contributed by atoms with van der Waals surface area (Å²) in [6, 6.07) is 8.95. The van der Waals surface area contributed by atoms with Crippen LogP contribution in [0.15, 0.2) is 45.3 Å². The predicted molar refractivity (Wildman–Crippen MR) is 85.6 cm³/mol. The summed E-state index contributed by atoms with van der Waals surface area (Å²) in [7, 11) is 0. The Balaban J connectivity index is 2.11. The van der Waals surface area contributed by atoms with Crippen LogP contribution in [0.3, 0.4) is 0 Å². The first kappa shape index (κ1) is 16.6. The molecule has 0 spiro atoms. The average Bonchev–Trinajstić information content (AvgIpc) is 2.40. The molecule has 0 fully saturated rings. The number of anilines is 1. The van der Waals surface area contributed by atoms with Crippen LogP contribution >= 0.6 is 43.5 Å². The number of hydrogen-bond acceptors (Lipinski definition) is 1. The van der Waals surface area contributed by atoms with Crippen LogP contribution in [0.4, 0.5) is 18.9 Å². The Morgan fingerprint density at radius 2 is 1.71 bits per heavy atom. The fraction of sp³-hybridized carbons (Fsp3) is 0.143. The second-order valence-corrected chi connectivity index (χ2v) is 6.41. The highest BCUT2D eigenvalue weighted by Gasteiger charge is 2.30. The third-order valence-electron chi connectivity index (χ3n) is 2.76. The van der Waals surface area contributed by atoms with Gasteiger partial charge in [-0.05, 0) is 67.8 Å². The number of alkyl halides is 3. The maximum Gasteiger partial charge on any atom is 0.416 e. The van der Waals surface area contributed by atoms with E-state index in [1.54, 1.807) is 0 Å². The zero-order valence-electron chi connectivity index (χ0n) is 10.4. The predicted octanol–water partition coefficient (Wildman–Crippen LogP) is 6.50. The summed E-state index contributed by atoms with van der Waals surface area (Å²) in [4.78, 5) is 0. The lowest BCUT2D eigenvalue weighted by Crippen LogP contribution is -2.06. The molecule has 0 heterocycles. The third kappa shape index (κ3) is 4.37. The lowest BCUT2D eigenvalue weighted by Gasteiger charge is -2.12. The van der Waals surface area contributed by atoms with Crippen molar-refractivity contribution in [2.45, 2.75) is 12.7 Å². The Labute approximate surface area is 141 Å². The number of benzene rings is 2. The first-order valence-electron chi connectivity index (χ1n) is 5.82. The number of halogens is 6. The van der Waals surface area contributed by atoms with Gasteiger partial charge < -0.3 is 5.32 Å². The van der Waals surface area contributed by atoms with Crippen molar-refractivity contribution in [1.29, 1.82) is 0 Å². The largest absolute Gasteiger partial charge is 0.416 e. The van der Waals surface area contributed by atoms with Crippen LogP contribution < -0.4 is 5.32 Å². The van der Waals surface area contributed by atoms with E-state index in [0.717, 1.165) is 26.6 Å². The van der Waals surface area contributed by atoms with Crippen molar-refractivity contribution in [3.8, 4) is 0 Å². The summed E-state index contributed by atoms with van der Waals surface area (Å²) in [5.74, 6) is 0. The molecule has 0 saturated heterocycles. The maximum absolute atomic E-state index is 12.5. The van der Waals surface area contributed by atoms with Crippen LogP contribution in [0.1, 0.15) is 11.1 Å². The van der Waals surface area contributed by atoms with E-state index < -0.39 is 11.7 Å². The molecular formula is C14H9Br2ClF3N. The molecule has 2 aromatic rings. The highest BCUT2D eigenvalue weighted by Crippen LogP contribution is 2.34. The molecule has 0 aliphatic carbocycles. The van der Waals surface area contributed by atoms with E-state index in [-0.39, 0.29) is 5.02 Å². The fourth-order valence-corrected chi connectivity index (χ4v) is 2.60. The SMILES string of the molecule is FC(F)(F)c1ccc(NCc2ccc(Br)c(Br)c2)c(Cl)c1. The molecule has 1 N–H and O–H groups in total. The van der Waals surface area contributed by atoms with Crippen LogP contribution in [0.2, 0.25) is 5.02 Å². The minimum atomic E-state index is -4.39. The number of hydrogen-bond donors (Lipinski definition) is 1. The lowest BCUT2D eigenvalue weighted by atomic mass is 10.2. The lowest BCUT2D eigenvalue weighted by molar-refractivity contribution is -0.137. The van der Waals surface area contributed by atoms with Crippen LogP contribution in [0.5, 0.6) is 0 Å². The van der Waals surface area contributed by atoms with Gasteiger partial charge in [-0.3, -0.25) is 0 Å². The Bertz CT molecular complexity index is 659. The molecule has 7 heteroatoms. The molecule has 0 amide bonds. The summed E-state index contributed by atoms with van der Waals surface area (Å²) in [6.07, 6.45) is -4.39. The third-order valence-corrected chi connectivity index (χ3v) is 4.96. The Morgan fingerprint density at radius 3 is 2.29 bits per heavy atom. The van der Waals surface area contributed by atoms with Gasteiger partial charge in [0.2, 0.25) is 0 Å². The van der Waals surface area contributed by atoms with Crippen molar-refractivity contribution >= 4 is 49.1 Å². The minimum Gasteiger partial charge on any atom is -0.380 e. The quantitative estimate of drug-likeness (QED) is 0.571. The topological polar surface area (TPSA) is 12.0 Å². The first-order chi connectivity index (χ1) is 9.77. The van der Waals surface area contributed by atoms with Crippen molar-refractivity contribution in [2.24, 2.45) is 0 Å². The van der Waals surface area contributed by atoms with Crippen molar-refractivity contribution in [2.75, 3.05) is 5.32 Å². The summed E-state index contributed by atoms with van der Waals surface area (Å²) in [6.45, 7) is 0.455. The highest BCUT2D eigenvalue weighted by atomic mass is 79.9. The van der Waals surface area contributed by atoms with E-state index in [9.17, 15) is 13.2 Å². The van der Waals surface area contributed by atoms with Crippen molar-refractivity contribution in [3.05, 3.63) is 61.5 Å². The van der Waals surface area contributed by atoms with Crippen LogP contribution in [0, 0.1) is 0 Å². The Morgan fingerprint density at radius 1 is 1.00 bits per heavy atom. The molecule has 112 valence electrons. The molecular weight excluding hydrogens is 434 g/mol. The molecule has 0 aliphatic heterocycles. The molecule has 0 aliphatic rings. The molecule has 0 unspecified atom stereocenters. The zero-order chi connectivity index (χ0) is 15.6. The van der Waals surface area contributed by atoms with Gasteiger partial charge in [-0.15, -0.1) is 0 Å². The summed E-state index contributed by atoms with van der Waals surface area (Å²) < 4.78 is 39.5. The van der Waals surface area contributed by atoms with Gasteiger partial charge in [0.1, 0.15) is 0 Å². The molecule has 21 heavy (non-hydrogen) atoms. The second-order valence-electron chi connectivity index (χ2n) is 4.29. The van der Waals surface area contributed by atoms with Crippen molar-refractivity contribution in [3.63, 3.8) is 0 Å². The van der Waals surface area contributed by atoms with Crippen molar-refractivity contribution < 1.29 is 13.2 Å². The zero-order valence-corrected chi connectivity index (χ0v) is 14.4. The van der Waals surface area contributed by atoms with Gasteiger partial charge in [0, 0.05) is 15.5 Å². The normalized spacial score (nSPS) is 11.5. The van der Waals surface area contributed by atoms with E-state index in [0.29, 0.717) is 12.2 Å². The Hall–Kier alpha value is -0.720. The smallest absolute Gasteiger partial charge is 0.380 e. The molecule has 1 nitrogen and oxygen atoms in total. The van der Waals surface area contributed by atoms with Gasteiger partial charge in [0.25, 0.3) is 0 Å². The van der Waals surface area contributed by atoms with E-state index in [1.165, 1.54) is 6.07 Å². The van der Waals surface area contributed by atoms with Crippen LogP contribution in [-0.4, -0.2) is 0 Å². The fourth-order valence-electron chi connectivity index (χ4n) is 1.68. The molecule has 0 aromatic heterocycles. The molecule has 0 bridgehead atoms. The maximum atomic E-state index is 12.5. The van der Waals surface area contributed by atoms with Crippen LogP contribution in [0.25, 0.3) is 0 Å². The monoisotopic (exact) mass is 441 g/mol. The van der Waals surface area contributed by atoms with E-state index >= 15 is 0 Å². The van der Waals surface area contributed by atoms with E-state index in [4.69, 9.17) is 11.6 Å². The number of rotatable bonds is 3. The van der Waals surface area contributed by atoms with Gasteiger partial charge in [0.05, 0.1) is 16.3 Å². The first-order valence-corrected chi connectivity index (χ1v) is 7.78. The molecule has 2 rings (SSSR count). The van der Waals surface area contributed by atoms with Crippen molar-refractivity contribution in [1.82, 2.24) is 0 Å². The summed E-state index contributed by atoms with van der Waals surface area (Å²) in [5.41, 5.74) is 0.675. The number of nitrogens with one attached hydrogen (secondary N) is 1. The summed E-state index contributed by atoms with van der Waals surface area (Å²) in [5, 5.41) is 3.06. The van der Waals surface area contributed by atoms with Gasteiger partial charge in [-0.25, -0.2) is 0 Å². The second kappa shape index (κ2) is 6.58. The standard InChI is InChI=1S/C14H9Br2ClF3N/c15-10-3-1-8(5-11(10)16)7-21-13-4-2-9(6-12(13)17)14(18,19)20/h1-6,21H,7H2. The molecule has 0 atom stereocenters. The van der Waals surface area contributed by atoms with Crippen LogP contribution in [-0.2, 0) is 12.7 Å². The molecule has 0 saturated carbocycles. The summed E-state index contributed by atoms with van der Waals surface area (Å²) >= 11 is 12.6. The van der Waals surface area contributed by atoms with Gasteiger partial charge in [-0.2, -0.15) is 13.2 Å². The highest BCUT2D eigenvalue weighted by molar-refractivity contribution is 9.13. The Kier molecular flexibility index (Phi) is 5.22. The molecule has 0 radical (unpaired) electrons. The van der Waals surface area contributed by atoms with Gasteiger partial charge in [-0.1, -0.05) is 17.7 Å². The average molecular weight is 443 g/mol. The van der Waals surface area contributed by atoms with E-state index in [2.05, 4.69) is 37.2 Å². The molecule has 2 aromatic carbocycles. The van der Waals surface area contributed by atoms with E-state index in [1.807, 2.05) is 18.2 Å².